The zero-order chi connectivity index (χ0) is 23.8. The van der Waals surface area contributed by atoms with Gasteiger partial charge >= 0.3 is 0 Å². The number of hydrogen-bond donors (Lipinski definition) is 0. The van der Waals surface area contributed by atoms with Crippen LogP contribution in [0.25, 0.3) is 51.0 Å². The van der Waals surface area contributed by atoms with Crippen molar-refractivity contribution >= 4 is 22.6 Å². The van der Waals surface area contributed by atoms with Crippen molar-refractivity contribution in [3.63, 3.8) is 0 Å². The molecule has 0 fully saturated rings. The van der Waals surface area contributed by atoms with Crippen molar-refractivity contribution in [3.8, 4) is 40.8 Å². The van der Waals surface area contributed by atoms with Gasteiger partial charge in [0.1, 0.15) is 0 Å². The summed E-state index contributed by atoms with van der Waals surface area (Å²) in [6, 6.07) is 28.5. The first-order valence-electron chi connectivity index (χ1n) is 11.4. The fourth-order valence-corrected chi connectivity index (χ4v) is 4.55. The first-order chi connectivity index (χ1) is 17.2. The maximum atomic E-state index is 5.73. The Balaban J connectivity index is 1.70. The maximum absolute atomic E-state index is 5.73. The Bertz CT molecular complexity index is 1640. The van der Waals surface area contributed by atoms with Gasteiger partial charge in [-0.3, -0.25) is 4.57 Å². The molecule has 0 unspecified atom stereocenters. The van der Waals surface area contributed by atoms with Crippen LogP contribution in [-0.2, 0) is 0 Å². The highest BCUT2D eigenvalue weighted by Crippen LogP contribution is 2.37. The van der Waals surface area contributed by atoms with Crippen LogP contribution in [0.15, 0.2) is 110 Å². The van der Waals surface area contributed by atoms with Crippen LogP contribution in [0.1, 0.15) is 16.8 Å². The van der Waals surface area contributed by atoms with E-state index in [9.17, 15) is 0 Å². The van der Waals surface area contributed by atoms with Crippen LogP contribution in [0.2, 0.25) is 0 Å². The summed E-state index contributed by atoms with van der Waals surface area (Å²) in [6.07, 6.45) is 13.9. The second-order valence-corrected chi connectivity index (χ2v) is 8.39. The van der Waals surface area contributed by atoms with Crippen LogP contribution in [0.5, 0.6) is 0 Å². The zero-order valence-electron chi connectivity index (χ0n) is 19.0. The number of rotatable bonds is 3. The summed E-state index contributed by atoms with van der Waals surface area (Å²) < 4.78 is 2.10. The molecular weight excluding hydrogens is 426 g/mol. The first-order valence-corrected chi connectivity index (χ1v) is 11.4. The van der Waals surface area contributed by atoms with Gasteiger partial charge in [0.15, 0.2) is 0 Å². The van der Waals surface area contributed by atoms with Gasteiger partial charge in [-0.2, -0.15) is 0 Å². The summed E-state index contributed by atoms with van der Waals surface area (Å²) in [5.41, 5.74) is 8.50. The third-order valence-corrected chi connectivity index (χ3v) is 6.20. The lowest BCUT2D eigenvalue weighted by molar-refractivity contribution is 0.955. The van der Waals surface area contributed by atoms with Crippen LogP contribution in [0.4, 0.5) is 0 Å². The van der Waals surface area contributed by atoms with E-state index in [0.717, 1.165) is 55.8 Å². The van der Waals surface area contributed by atoms with Crippen LogP contribution < -0.4 is 0 Å². The molecule has 1 aliphatic rings. The van der Waals surface area contributed by atoms with Crippen molar-refractivity contribution in [1.82, 2.24) is 14.5 Å². The number of fused-ring (bicyclic) bond motifs is 3. The van der Waals surface area contributed by atoms with Crippen molar-refractivity contribution in [1.29, 1.82) is 0 Å². The molecule has 3 aromatic carbocycles. The van der Waals surface area contributed by atoms with Gasteiger partial charge in [0.05, 0.1) is 22.6 Å². The second-order valence-electron chi connectivity index (χ2n) is 8.39. The SMILES string of the molecule is C#Cc1ccc2c(c1)c1c(n2-c2nc(-c3ccccc3)cc(-c3ccccc3)n2)C(=C)C=CC=C1. The van der Waals surface area contributed by atoms with E-state index in [1.165, 1.54) is 0 Å². The molecule has 5 aromatic rings. The normalized spacial score (nSPS) is 12.4. The third-order valence-electron chi connectivity index (χ3n) is 6.20. The summed E-state index contributed by atoms with van der Waals surface area (Å²) in [6.45, 7) is 4.36. The number of nitrogens with zero attached hydrogens (tertiary/aromatic N) is 3. The molecule has 0 radical (unpaired) electrons. The molecule has 35 heavy (non-hydrogen) atoms. The largest absolute Gasteiger partial charge is 0.277 e. The van der Waals surface area contributed by atoms with Crippen LogP contribution in [-0.4, -0.2) is 14.5 Å². The van der Waals surface area contributed by atoms with Gasteiger partial charge in [0.2, 0.25) is 5.95 Å². The number of aromatic nitrogens is 3. The molecule has 6 rings (SSSR count). The molecule has 0 spiro atoms. The summed E-state index contributed by atoms with van der Waals surface area (Å²) in [5.74, 6) is 3.35. The average molecular weight is 448 g/mol. The van der Waals surface area contributed by atoms with Crippen LogP contribution >= 0.6 is 0 Å². The Morgan fingerprint density at radius 2 is 1.37 bits per heavy atom. The van der Waals surface area contributed by atoms with E-state index in [2.05, 4.69) is 47.4 Å². The molecule has 1 aliphatic carbocycles. The van der Waals surface area contributed by atoms with Crippen molar-refractivity contribution in [3.05, 3.63) is 127 Å². The predicted octanol–water partition coefficient (Wildman–Crippen LogP) is 7.33. The van der Waals surface area contributed by atoms with Gasteiger partial charge in [-0.15, -0.1) is 6.42 Å². The Morgan fingerprint density at radius 1 is 0.743 bits per heavy atom. The first kappa shape index (κ1) is 20.7. The highest BCUT2D eigenvalue weighted by Gasteiger charge is 2.22. The number of benzene rings is 3. The smallest absolute Gasteiger partial charge is 0.235 e. The van der Waals surface area contributed by atoms with E-state index in [1.807, 2.05) is 78.9 Å². The predicted molar refractivity (Wildman–Crippen MR) is 145 cm³/mol. The lowest BCUT2D eigenvalue weighted by atomic mass is 10.1. The Hall–Kier alpha value is -4.94. The quantitative estimate of drug-likeness (QED) is 0.271. The zero-order valence-corrected chi connectivity index (χ0v) is 19.0. The van der Waals surface area contributed by atoms with Gasteiger partial charge in [-0.25, -0.2) is 9.97 Å². The maximum Gasteiger partial charge on any atom is 0.235 e. The molecule has 0 atom stereocenters. The molecule has 2 heterocycles. The van der Waals surface area contributed by atoms with Gasteiger partial charge in [0, 0.05) is 27.6 Å². The van der Waals surface area contributed by atoms with Crippen molar-refractivity contribution < 1.29 is 0 Å². The molecule has 3 nitrogen and oxygen atoms in total. The molecule has 0 saturated heterocycles. The van der Waals surface area contributed by atoms with Gasteiger partial charge in [-0.1, -0.05) is 97.5 Å². The standard InChI is InChI=1S/C32H21N3/c1-3-23-18-19-30-27(20-23)26-17-11-10-12-22(2)31(26)35(30)32-33-28(24-13-6-4-7-14-24)21-29(34-32)25-15-8-5-9-16-25/h1,4-21H,2H2. The van der Waals surface area contributed by atoms with Crippen molar-refractivity contribution in [2.24, 2.45) is 0 Å². The lowest BCUT2D eigenvalue weighted by Gasteiger charge is -2.14. The van der Waals surface area contributed by atoms with E-state index in [0.29, 0.717) is 5.95 Å². The van der Waals surface area contributed by atoms with E-state index >= 15 is 0 Å². The second kappa shape index (κ2) is 8.44. The molecule has 164 valence electrons. The van der Waals surface area contributed by atoms with Crippen molar-refractivity contribution in [2.75, 3.05) is 0 Å². The van der Waals surface area contributed by atoms with Crippen LogP contribution in [0, 0.1) is 12.3 Å². The molecule has 0 amide bonds. The summed E-state index contributed by atoms with van der Waals surface area (Å²) in [7, 11) is 0. The number of terminal acetylenes is 1. The molecule has 3 heteroatoms. The van der Waals surface area contributed by atoms with E-state index in [4.69, 9.17) is 16.4 Å². The summed E-state index contributed by atoms with van der Waals surface area (Å²) in [5, 5.41) is 1.05. The Kier molecular flexibility index (Phi) is 4.98. The topological polar surface area (TPSA) is 30.7 Å². The Labute approximate surface area is 204 Å². The fourth-order valence-electron chi connectivity index (χ4n) is 4.55. The highest BCUT2D eigenvalue weighted by molar-refractivity contribution is 5.99. The van der Waals surface area contributed by atoms with Gasteiger partial charge in [0.25, 0.3) is 0 Å². The lowest BCUT2D eigenvalue weighted by Crippen LogP contribution is -2.07. The van der Waals surface area contributed by atoms with Crippen LogP contribution in [0.3, 0.4) is 0 Å². The summed E-state index contributed by atoms with van der Waals surface area (Å²) >= 11 is 0. The summed E-state index contributed by atoms with van der Waals surface area (Å²) in [4.78, 5) is 10.1. The molecule has 0 aliphatic heterocycles. The van der Waals surface area contributed by atoms with E-state index in [-0.39, 0.29) is 0 Å². The Morgan fingerprint density at radius 3 is 2.00 bits per heavy atom. The molecular formula is C32H21N3. The molecule has 0 saturated carbocycles. The highest BCUT2D eigenvalue weighted by atomic mass is 15.2. The van der Waals surface area contributed by atoms with Gasteiger partial charge in [-0.05, 0) is 29.8 Å². The minimum absolute atomic E-state index is 0.592. The number of hydrogen-bond acceptors (Lipinski definition) is 2. The minimum atomic E-state index is 0.592. The molecule has 2 aromatic heterocycles. The fraction of sp³-hybridized carbons (Fsp3) is 0. The third kappa shape index (κ3) is 3.58. The average Bonchev–Trinajstić information content (AvgIpc) is 3.13. The minimum Gasteiger partial charge on any atom is -0.277 e. The van der Waals surface area contributed by atoms with Gasteiger partial charge < -0.3 is 0 Å². The molecule has 0 N–H and O–H groups in total. The van der Waals surface area contributed by atoms with E-state index < -0.39 is 0 Å². The molecule has 0 bridgehead atoms. The monoisotopic (exact) mass is 447 g/mol. The van der Waals surface area contributed by atoms with Crippen molar-refractivity contribution in [2.45, 2.75) is 0 Å². The number of allylic oxidation sites excluding steroid dienone is 4. The van der Waals surface area contributed by atoms with E-state index in [1.54, 1.807) is 0 Å².